The molecule has 0 aliphatic carbocycles. The van der Waals surface area contributed by atoms with Crippen LogP contribution in [0.15, 0.2) is 17.6 Å². The van der Waals surface area contributed by atoms with Crippen LogP contribution in [0.2, 0.25) is 0 Å². The van der Waals surface area contributed by atoms with E-state index in [2.05, 4.69) is 14.7 Å². The number of hydrogen-bond acceptors (Lipinski definition) is 4. The summed E-state index contributed by atoms with van der Waals surface area (Å²) in [7, 11) is -3.86. The van der Waals surface area contributed by atoms with Crippen molar-refractivity contribution in [2.45, 2.75) is 24.9 Å². The minimum atomic E-state index is -3.86. The van der Waals surface area contributed by atoms with E-state index >= 15 is 0 Å². The Kier molecular flexibility index (Phi) is 3.66. The molecule has 0 bridgehead atoms. The molecule has 1 unspecified atom stereocenters. The van der Waals surface area contributed by atoms with Gasteiger partial charge in [0.1, 0.15) is 6.04 Å². The van der Waals surface area contributed by atoms with Gasteiger partial charge >= 0.3 is 5.97 Å². The summed E-state index contributed by atoms with van der Waals surface area (Å²) in [5, 5.41) is 8.70. The van der Waals surface area contributed by atoms with E-state index in [0.717, 1.165) is 6.20 Å². The number of aromatic amines is 1. The molecule has 0 amide bonds. The number of carboxylic acids is 1. The molecule has 0 saturated carbocycles. The predicted molar refractivity (Wildman–Crippen MR) is 55.2 cm³/mol. The summed E-state index contributed by atoms with van der Waals surface area (Å²) in [6.07, 6.45) is 2.32. The number of aromatic nitrogens is 2. The first-order valence-electron chi connectivity index (χ1n) is 4.58. The van der Waals surface area contributed by atoms with Gasteiger partial charge in [-0.15, -0.1) is 0 Å². The topological polar surface area (TPSA) is 112 Å². The second kappa shape index (κ2) is 4.62. The van der Waals surface area contributed by atoms with Gasteiger partial charge in [0.2, 0.25) is 0 Å². The third-order valence-electron chi connectivity index (χ3n) is 1.98. The maximum absolute atomic E-state index is 11.7. The number of aliphatic carboxylic acids is 1. The van der Waals surface area contributed by atoms with Gasteiger partial charge in [-0.2, -0.15) is 4.72 Å². The van der Waals surface area contributed by atoms with Crippen molar-refractivity contribution in [2.24, 2.45) is 5.92 Å². The van der Waals surface area contributed by atoms with Crippen LogP contribution in [0, 0.1) is 5.92 Å². The van der Waals surface area contributed by atoms with E-state index < -0.39 is 22.0 Å². The SMILES string of the molecule is CC(C)C(NS(=O)(=O)c1cnc[nH]1)C(=O)O. The molecule has 1 rings (SSSR count). The molecule has 0 aliphatic heterocycles. The van der Waals surface area contributed by atoms with Gasteiger partial charge in [-0.25, -0.2) is 13.4 Å². The lowest BCUT2D eigenvalue weighted by atomic mass is 10.1. The molecule has 0 aliphatic rings. The van der Waals surface area contributed by atoms with E-state index in [9.17, 15) is 13.2 Å². The highest BCUT2D eigenvalue weighted by molar-refractivity contribution is 7.89. The van der Waals surface area contributed by atoms with Crippen molar-refractivity contribution in [1.82, 2.24) is 14.7 Å². The highest BCUT2D eigenvalue weighted by Crippen LogP contribution is 2.08. The lowest BCUT2D eigenvalue weighted by molar-refractivity contribution is -0.140. The van der Waals surface area contributed by atoms with Crippen LogP contribution < -0.4 is 4.72 Å². The molecule has 0 radical (unpaired) electrons. The zero-order valence-corrected chi connectivity index (χ0v) is 9.65. The van der Waals surface area contributed by atoms with Gasteiger partial charge in [0, 0.05) is 0 Å². The van der Waals surface area contributed by atoms with Gasteiger partial charge in [0.05, 0.1) is 12.5 Å². The largest absolute Gasteiger partial charge is 0.480 e. The Bertz CT molecular complexity index is 452. The Balaban J connectivity index is 2.92. The summed E-state index contributed by atoms with van der Waals surface area (Å²) in [5.74, 6) is -1.56. The molecule has 0 fully saturated rings. The van der Waals surface area contributed by atoms with Crippen molar-refractivity contribution in [3.8, 4) is 0 Å². The Labute approximate surface area is 93.0 Å². The maximum Gasteiger partial charge on any atom is 0.322 e. The molecule has 16 heavy (non-hydrogen) atoms. The van der Waals surface area contributed by atoms with E-state index in [-0.39, 0.29) is 10.9 Å². The van der Waals surface area contributed by atoms with Crippen molar-refractivity contribution in [1.29, 1.82) is 0 Å². The fraction of sp³-hybridized carbons (Fsp3) is 0.500. The van der Waals surface area contributed by atoms with Crippen molar-refractivity contribution in [2.75, 3.05) is 0 Å². The van der Waals surface area contributed by atoms with Crippen LogP contribution in [0.25, 0.3) is 0 Å². The summed E-state index contributed by atoms with van der Waals surface area (Å²) in [5.41, 5.74) is 0. The minimum Gasteiger partial charge on any atom is -0.480 e. The van der Waals surface area contributed by atoms with Gasteiger partial charge in [0.15, 0.2) is 5.03 Å². The third kappa shape index (κ3) is 2.80. The Morgan fingerprint density at radius 2 is 2.19 bits per heavy atom. The molecule has 8 heteroatoms. The molecule has 0 spiro atoms. The van der Waals surface area contributed by atoms with E-state index in [1.54, 1.807) is 13.8 Å². The van der Waals surface area contributed by atoms with Crippen LogP contribution in [-0.2, 0) is 14.8 Å². The van der Waals surface area contributed by atoms with Crippen LogP contribution in [0.4, 0.5) is 0 Å². The molecule has 7 nitrogen and oxygen atoms in total. The molecule has 0 aromatic carbocycles. The lowest BCUT2D eigenvalue weighted by Crippen LogP contribution is -2.44. The van der Waals surface area contributed by atoms with Gasteiger partial charge in [-0.1, -0.05) is 13.8 Å². The first kappa shape index (κ1) is 12.7. The molecular formula is C8H13N3O4S. The van der Waals surface area contributed by atoms with E-state index in [0.29, 0.717) is 0 Å². The second-order valence-corrected chi connectivity index (χ2v) is 5.28. The van der Waals surface area contributed by atoms with E-state index in [1.165, 1.54) is 6.33 Å². The summed E-state index contributed by atoms with van der Waals surface area (Å²) in [6.45, 7) is 3.24. The number of H-pyrrole nitrogens is 1. The second-order valence-electron chi connectivity index (χ2n) is 3.60. The molecule has 1 heterocycles. The highest BCUT2D eigenvalue weighted by atomic mass is 32.2. The number of imidazole rings is 1. The number of hydrogen-bond donors (Lipinski definition) is 3. The third-order valence-corrected chi connectivity index (χ3v) is 3.34. The zero-order valence-electron chi connectivity index (χ0n) is 8.84. The van der Waals surface area contributed by atoms with Crippen LogP contribution in [0.3, 0.4) is 0 Å². The average molecular weight is 247 g/mol. The smallest absolute Gasteiger partial charge is 0.322 e. The lowest BCUT2D eigenvalue weighted by Gasteiger charge is -2.16. The highest BCUT2D eigenvalue weighted by Gasteiger charge is 2.28. The van der Waals surface area contributed by atoms with E-state index in [1.807, 2.05) is 0 Å². The summed E-state index contributed by atoms with van der Waals surface area (Å²) in [4.78, 5) is 16.8. The molecular weight excluding hydrogens is 234 g/mol. The summed E-state index contributed by atoms with van der Waals surface area (Å²) in [6, 6.07) is -1.16. The number of carboxylic acid groups (broad SMARTS) is 1. The van der Waals surface area contributed by atoms with Crippen molar-refractivity contribution in [3.63, 3.8) is 0 Å². The molecule has 1 atom stereocenters. The predicted octanol–water partition coefficient (Wildman–Crippen LogP) is -0.203. The maximum atomic E-state index is 11.7. The molecule has 90 valence electrons. The van der Waals surface area contributed by atoms with Crippen molar-refractivity contribution >= 4 is 16.0 Å². The van der Waals surface area contributed by atoms with Crippen molar-refractivity contribution < 1.29 is 18.3 Å². The number of rotatable bonds is 5. The standard InChI is InChI=1S/C8H13N3O4S/c1-5(2)7(8(12)13)11-16(14,15)6-3-9-4-10-6/h3-5,7,11H,1-2H3,(H,9,10)(H,12,13). The number of sulfonamides is 1. The Hall–Kier alpha value is -1.41. The van der Waals surface area contributed by atoms with Gasteiger partial charge in [0.25, 0.3) is 10.0 Å². The van der Waals surface area contributed by atoms with Crippen molar-refractivity contribution in [3.05, 3.63) is 12.5 Å². The van der Waals surface area contributed by atoms with E-state index in [4.69, 9.17) is 5.11 Å². The number of nitrogens with one attached hydrogen (secondary N) is 2. The van der Waals surface area contributed by atoms with Crippen LogP contribution in [-0.4, -0.2) is 35.5 Å². The normalized spacial score (nSPS) is 13.9. The molecule has 3 N–H and O–H groups in total. The molecule has 1 aromatic rings. The van der Waals surface area contributed by atoms with Gasteiger partial charge < -0.3 is 10.1 Å². The summed E-state index contributed by atoms with van der Waals surface area (Å²) < 4.78 is 25.4. The number of nitrogens with zero attached hydrogens (tertiary/aromatic N) is 1. The fourth-order valence-electron chi connectivity index (χ4n) is 1.09. The Morgan fingerprint density at radius 1 is 1.56 bits per heavy atom. The molecule has 1 aromatic heterocycles. The monoisotopic (exact) mass is 247 g/mol. The van der Waals surface area contributed by atoms with Crippen LogP contribution >= 0.6 is 0 Å². The average Bonchev–Trinajstić information content (AvgIpc) is 2.66. The number of carbonyl (C=O) groups is 1. The molecule has 0 saturated heterocycles. The van der Waals surface area contributed by atoms with Crippen LogP contribution in [0.1, 0.15) is 13.8 Å². The first-order valence-corrected chi connectivity index (χ1v) is 6.06. The fourth-order valence-corrected chi connectivity index (χ4v) is 2.33. The van der Waals surface area contributed by atoms with Crippen LogP contribution in [0.5, 0.6) is 0 Å². The quantitative estimate of drug-likeness (QED) is 0.667. The van der Waals surface area contributed by atoms with Gasteiger partial charge in [-0.05, 0) is 5.92 Å². The summed E-state index contributed by atoms with van der Waals surface area (Å²) >= 11 is 0. The Morgan fingerprint density at radius 3 is 2.56 bits per heavy atom. The zero-order chi connectivity index (χ0) is 12.3. The van der Waals surface area contributed by atoms with Gasteiger partial charge in [-0.3, -0.25) is 4.79 Å². The minimum absolute atomic E-state index is 0.153. The first-order chi connectivity index (χ1) is 7.34.